The van der Waals surface area contributed by atoms with E-state index >= 15 is 0 Å². The highest BCUT2D eigenvalue weighted by Gasteiger charge is 2.43. The zero-order valence-corrected chi connectivity index (χ0v) is 16.8. The number of rotatable bonds is 3. The highest BCUT2D eigenvalue weighted by atomic mass is 16.2. The molecule has 9 heteroatoms. The Morgan fingerprint density at radius 1 is 0.786 bits per heavy atom. The number of anilines is 1. The summed E-state index contributed by atoms with van der Waals surface area (Å²) < 4.78 is 0. The molecule has 0 saturated carbocycles. The van der Waals surface area contributed by atoms with Gasteiger partial charge in [-0.15, -0.1) is 0 Å². The van der Waals surface area contributed by atoms with Crippen molar-refractivity contribution in [1.29, 1.82) is 0 Å². The topological polar surface area (TPSA) is 90.0 Å². The van der Waals surface area contributed by atoms with Gasteiger partial charge in [0.15, 0.2) is 0 Å². The number of piperazine rings is 2. The van der Waals surface area contributed by atoms with Gasteiger partial charge in [0.1, 0.15) is 5.41 Å². The molecule has 9 nitrogen and oxygen atoms in total. The second kappa shape index (κ2) is 8.12. The number of amides is 3. The van der Waals surface area contributed by atoms with Gasteiger partial charge < -0.3 is 19.6 Å². The number of hydrogen-bond acceptors (Lipinski definition) is 6. The lowest BCUT2D eigenvalue weighted by molar-refractivity contribution is -0.156. The molecule has 152 valence electrons. The predicted octanol–water partition coefficient (Wildman–Crippen LogP) is -0.158. The zero-order chi connectivity index (χ0) is 20.3. The summed E-state index contributed by atoms with van der Waals surface area (Å²) >= 11 is 0. The van der Waals surface area contributed by atoms with Crippen LogP contribution in [0.2, 0.25) is 0 Å². The third kappa shape index (κ3) is 4.07. The molecular weight excluding hydrogens is 360 g/mol. The smallest absolute Gasteiger partial charge is 0.237 e. The maximum Gasteiger partial charge on any atom is 0.237 e. The number of hydrogen-bond donors (Lipinski definition) is 0. The van der Waals surface area contributed by atoms with Crippen LogP contribution in [-0.2, 0) is 14.4 Å². The molecule has 0 spiro atoms. The molecule has 0 aliphatic carbocycles. The minimum absolute atomic E-state index is 0.0164. The minimum Gasteiger partial charge on any atom is -0.339 e. The molecule has 1 aromatic rings. The van der Waals surface area contributed by atoms with Crippen molar-refractivity contribution in [2.75, 3.05) is 57.3 Å². The maximum absolute atomic E-state index is 13.1. The van der Waals surface area contributed by atoms with E-state index in [1.807, 2.05) is 4.90 Å². The van der Waals surface area contributed by atoms with E-state index in [0.717, 1.165) is 0 Å². The molecule has 2 aliphatic heterocycles. The van der Waals surface area contributed by atoms with Gasteiger partial charge in [-0.1, -0.05) is 0 Å². The summed E-state index contributed by atoms with van der Waals surface area (Å²) in [5, 5.41) is 0. The van der Waals surface area contributed by atoms with Gasteiger partial charge in [-0.2, -0.15) is 0 Å². The molecule has 2 fully saturated rings. The van der Waals surface area contributed by atoms with Gasteiger partial charge in [-0.25, -0.2) is 9.97 Å². The molecule has 2 aliphatic rings. The molecule has 3 rings (SSSR count). The van der Waals surface area contributed by atoms with Crippen molar-refractivity contribution in [1.82, 2.24) is 24.7 Å². The second-order valence-electron chi connectivity index (χ2n) is 7.75. The monoisotopic (exact) mass is 388 g/mol. The maximum atomic E-state index is 13.1. The van der Waals surface area contributed by atoms with Crippen molar-refractivity contribution in [2.24, 2.45) is 5.41 Å². The molecule has 0 atom stereocenters. The van der Waals surface area contributed by atoms with Crippen LogP contribution < -0.4 is 4.90 Å². The molecule has 0 radical (unpaired) electrons. The van der Waals surface area contributed by atoms with Gasteiger partial charge in [0.25, 0.3) is 0 Å². The first-order valence-corrected chi connectivity index (χ1v) is 9.67. The Hall–Kier alpha value is -2.71. The van der Waals surface area contributed by atoms with Crippen LogP contribution in [0.15, 0.2) is 18.5 Å². The standard InChI is InChI=1S/C19H28N6O3/c1-15(26)22-7-9-23(10-8-22)16(27)19(2,3)17(28)24-11-13-25(14-12-24)18-20-5-4-6-21-18/h4-6H,7-14H2,1-3H3. The number of carbonyl (C=O) groups excluding carboxylic acids is 3. The van der Waals surface area contributed by atoms with Crippen molar-refractivity contribution < 1.29 is 14.4 Å². The highest BCUT2D eigenvalue weighted by Crippen LogP contribution is 2.24. The normalized spacial score (nSPS) is 18.2. The summed E-state index contributed by atoms with van der Waals surface area (Å²) in [4.78, 5) is 53.3. The SMILES string of the molecule is CC(=O)N1CCN(C(=O)C(C)(C)C(=O)N2CCN(c3ncccn3)CC2)CC1. The Kier molecular flexibility index (Phi) is 5.81. The van der Waals surface area contributed by atoms with Gasteiger partial charge >= 0.3 is 0 Å². The first kappa shape index (κ1) is 20.0. The van der Waals surface area contributed by atoms with E-state index in [0.29, 0.717) is 58.3 Å². The van der Waals surface area contributed by atoms with Crippen molar-refractivity contribution in [3.8, 4) is 0 Å². The summed E-state index contributed by atoms with van der Waals surface area (Å²) in [6.45, 7) is 9.23. The predicted molar refractivity (Wildman–Crippen MR) is 103 cm³/mol. The van der Waals surface area contributed by atoms with Gasteiger partial charge in [-0.05, 0) is 19.9 Å². The number of nitrogens with zero attached hydrogens (tertiary/aromatic N) is 6. The summed E-state index contributed by atoms with van der Waals surface area (Å²) in [5.74, 6) is 0.352. The fourth-order valence-electron chi connectivity index (χ4n) is 3.67. The van der Waals surface area contributed by atoms with E-state index in [9.17, 15) is 14.4 Å². The minimum atomic E-state index is -1.12. The molecule has 0 aromatic carbocycles. The van der Waals surface area contributed by atoms with E-state index in [1.165, 1.54) is 6.92 Å². The van der Waals surface area contributed by atoms with Crippen LogP contribution in [0.25, 0.3) is 0 Å². The lowest BCUT2D eigenvalue weighted by Gasteiger charge is -2.41. The van der Waals surface area contributed by atoms with Crippen LogP contribution in [0, 0.1) is 5.41 Å². The largest absolute Gasteiger partial charge is 0.339 e. The molecule has 1 aromatic heterocycles. The Morgan fingerprint density at radius 2 is 1.21 bits per heavy atom. The van der Waals surface area contributed by atoms with Crippen molar-refractivity contribution in [3.63, 3.8) is 0 Å². The fourth-order valence-corrected chi connectivity index (χ4v) is 3.67. The second-order valence-corrected chi connectivity index (χ2v) is 7.75. The third-order valence-corrected chi connectivity index (χ3v) is 5.48. The molecule has 2 saturated heterocycles. The van der Waals surface area contributed by atoms with E-state index in [1.54, 1.807) is 47.0 Å². The van der Waals surface area contributed by atoms with Crippen molar-refractivity contribution in [3.05, 3.63) is 18.5 Å². The summed E-state index contributed by atoms with van der Waals surface area (Å²) in [7, 11) is 0. The van der Waals surface area contributed by atoms with Crippen LogP contribution in [0.4, 0.5) is 5.95 Å². The number of aromatic nitrogens is 2. The Labute approximate surface area is 165 Å². The zero-order valence-electron chi connectivity index (χ0n) is 16.8. The lowest BCUT2D eigenvalue weighted by Crippen LogP contribution is -2.58. The Balaban J connectivity index is 1.57. The van der Waals surface area contributed by atoms with Crippen molar-refractivity contribution in [2.45, 2.75) is 20.8 Å². The van der Waals surface area contributed by atoms with Crippen LogP contribution in [-0.4, -0.2) is 94.7 Å². The van der Waals surface area contributed by atoms with Crippen molar-refractivity contribution >= 4 is 23.7 Å². The van der Waals surface area contributed by atoms with E-state index < -0.39 is 5.41 Å². The molecule has 3 heterocycles. The molecule has 3 amide bonds. The van der Waals surface area contributed by atoms with Crippen LogP contribution in [0.1, 0.15) is 20.8 Å². The van der Waals surface area contributed by atoms with E-state index in [-0.39, 0.29) is 17.7 Å². The van der Waals surface area contributed by atoms with E-state index in [2.05, 4.69) is 9.97 Å². The van der Waals surface area contributed by atoms with Gasteiger partial charge in [-0.3, -0.25) is 14.4 Å². The first-order valence-electron chi connectivity index (χ1n) is 9.67. The average molecular weight is 388 g/mol. The third-order valence-electron chi connectivity index (χ3n) is 5.48. The number of carbonyl (C=O) groups is 3. The summed E-state index contributed by atoms with van der Waals surface area (Å²) in [5.41, 5.74) is -1.12. The van der Waals surface area contributed by atoms with Gasteiger partial charge in [0, 0.05) is 71.7 Å². The van der Waals surface area contributed by atoms with Gasteiger partial charge in [0.2, 0.25) is 23.7 Å². The molecule has 0 unspecified atom stereocenters. The fraction of sp³-hybridized carbons (Fsp3) is 0.632. The Morgan fingerprint density at radius 3 is 1.68 bits per heavy atom. The Bertz CT molecular complexity index is 722. The highest BCUT2D eigenvalue weighted by molar-refractivity contribution is 6.04. The van der Waals surface area contributed by atoms with Gasteiger partial charge in [0.05, 0.1) is 0 Å². The molecule has 0 bridgehead atoms. The van der Waals surface area contributed by atoms with Crippen LogP contribution >= 0.6 is 0 Å². The molecule has 0 N–H and O–H groups in total. The van der Waals surface area contributed by atoms with E-state index in [4.69, 9.17) is 0 Å². The summed E-state index contributed by atoms with van der Waals surface area (Å²) in [6.07, 6.45) is 3.40. The summed E-state index contributed by atoms with van der Waals surface area (Å²) in [6, 6.07) is 1.77. The van der Waals surface area contributed by atoms with Crippen LogP contribution in [0.5, 0.6) is 0 Å². The molecule has 28 heavy (non-hydrogen) atoms. The lowest BCUT2D eigenvalue weighted by atomic mass is 9.89. The van der Waals surface area contributed by atoms with Crippen LogP contribution in [0.3, 0.4) is 0 Å². The molecular formula is C19H28N6O3. The first-order chi connectivity index (χ1) is 13.3. The average Bonchev–Trinajstić information content (AvgIpc) is 2.73. The quantitative estimate of drug-likeness (QED) is 0.669.